The minimum atomic E-state index is -3.98. The van der Waals surface area contributed by atoms with Gasteiger partial charge in [-0.2, -0.15) is 0 Å². The standard InChI is InChI=1S/C12H11F2NO3S2/c13-9-3-4-11(10(14)8-9)15(5-6-16)20(17,18)12-2-1-7-19-12/h1-4,7-8,16H,5-6H2. The highest BCUT2D eigenvalue weighted by Crippen LogP contribution is 2.28. The average molecular weight is 319 g/mol. The predicted molar refractivity (Wildman–Crippen MR) is 72.3 cm³/mol. The molecule has 0 aliphatic rings. The van der Waals surface area contributed by atoms with Gasteiger partial charge in [0.1, 0.15) is 15.8 Å². The van der Waals surface area contributed by atoms with E-state index in [9.17, 15) is 17.2 Å². The average Bonchev–Trinajstić information content (AvgIpc) is 2.91. The Bertz CT molecular complexity index is 687. The van der Waals surface area contributed by atoms with Gasteiger partial charge in [-0.25, -0.2) is 17.2 Å². The van der Waals surface area contributed by atoms with Crippen molar-refractivity contribution in [3.63, 3.8) is 0 Å². The molecule has 8 heteroatoms. The molecule has 0 saturated heterocycles. The Morgan fingerprint density at radius 2 is 2.00 bits per heavy atom. The van der Waals surface area contributed by atoms with E-state index in [0.717, 1.165) is 27.8 Å². The Hall–Kier alpha value is -1.51. The van der Waals surface area contributed by atoms with Crippen molar-refractivity contribution in [1.82, 2.24) is 0 Å². The van der Waals surface area contributed by atoms with Crippen LogP contribution in [0.15, 0.2) is 39.9 Å². The van der Waals surface area contributed by atoms with Gasteiger partial charge in [0.25, 0.3) is 10.0 Å². The molecule has 0 amide bonds. The quantitative estimate of drug-likeness (QED) is 0.919. The first-order valence-corrected chi connectivity index (χ1v) is 7.91. The van der Waals surface area contributed by atoms with E-state index in [1.807, 2.05) is 0 Å². The second-order valence-corrected chi connectivity index (χ2v) is 6.87. The number of benzene rings is 1. The maximum absolute atomic E-state index is 13.8. The second-order valence-electron chi connectivity index (χ2n) is 3.83. The van der Waals surface area contributed by atoms with Crippen molar-refractivity contribution in [3.05, 3.63) is 47.3 Å². The normalized spacial score (nSPS) is 11.6. The van der Waals surface area contributed by atoms with Crippen molar-refractivity contribution in [2.24, 2.45) is 0 Å². The summed E-state index contributed by atoms with van der Waals surface area (Å²) in [5.74, 6) is -1.80. The first kappa shape index (κ1) is 14.9. The van der Waals surface area contributed by atoms with E-state index < -0.39 is 28.3 Å². The summed E-state index contributed by atoms with van der Waals surface area (Å²) in [5.41, 5.74) is -0.297. The van der Waals surface area contributed by atoms with Crippen molar-refractivity contribution >= 4 is 27.0 Å². The molecule has 0 aliphatic heterocycles. The molecule has 1 aromatic heterocycles. The third kappa shape index (κ3) is 2.82. The number of aliphatic hydroxyl groups is 1. The van der Waals surface area contributed by atoms with Crippen LogP contribution in [-0.2, 0) is 10.0 Å². The molecule has 4 nitrogen and oxygen atoms in total. The number of halogens is 2. The van der Waals surface area contributed by atoms with E-state index in [-0.39, 0.29) is 16.4 Å². The summed E-state index contributed by atoms with van der Waals surface area (Å²) in [6, 6.07) is 5.53. The smallest absolute Gasteiger partial charge is 0.273 e. The Balaban J connectivity index is 2.52. The molecule has 0 spiro atoms. The molecule has 1 heterocycles. The second kappa shape index (κ2) is 5.86. The molecule has 0 radical (unpaired) electrons. The van der Waals surface area contributed by atoms with Gasteiger partial charge in [0.05, 0.1) is 18.8 Å². The Morgan fingerprint density at radius 1 is 1.25 bits per heavy atom. The van der Waals surface area contributed by atoms with E-state index in [2.05, 4.69) is 0 Å². The van der Waals surface area contributed by atoms with Crippen LogP contribution in [-0.4, -0.2) is 26.7 Å². The topological polar surface area (TPSA) is 57.6 Å². The van der Waals surface area contributed by atoms with Gasteiger partial charge in [0.15, 0.2) is 0 Å². The third-order valence-electron chi connectivity index (χ3n) is 2.52. The lowest BCUT2D eigenvalue weighted by atomic mass is 10.3. The Morgan fingerprint density at radius 3 is 2.55 bits per heavy atom. The van der Waals surface area contributed by atoms with Crippen LogP contribution in [0.2, 0.25) is 0 Å². The lowest BCUT2D eigenvalue weighted by molar-refractivity contribution is 0.306. The van der Waals surface area contributed by atoms with Crippen LogP contribution < -0.4 is 4.31 Å². The SMILES string of the molecule is O=S(=O)(c1cccs1)N(CCO)c1ccc(F)cc1F. The molecule has 2 aromatic rings. The number of sulfonamides is 1. The van der Waals surface area contributed by atoms with Gasteiger partial charge >= 0.3 is 0 Å². The van der Waals surface area contributed by atoms with Gasteiger partial charge in [-0.15, -0.1) is 11.3 Å². The van der Waals surface area contributed by atoms with Crippen LogP contribution in [0.1, 0.15) is 0 Å². The van der Waals surface area contributed by atoms with Crippen molar-refractivity contribution in [3.8, 4) is 0 Å². The van der Waals surface area contributed by atoms with E-state index >= 15 is 0 Å². The lowest BCUT2D eigenvalue weighted by Crippen LogP contribution is -2.33. The third-order valence-corrected chi connectivity index (χ3v) is 5.71. The predicted octanol–water partition coefficient (Wildman–Crippen LogP) is 2.21. The monoisotopic (exact) mass is 319 g/mol. The van der Waals surface area contributed by atoms with Crippen LogP contribution in [0.4, 0.5) is 14.5 Å². The van der Waals surface area contributed by atoms with Crippen LogP contribution in [0.5, 0.6) is 0 Å². The zero-order valence-corrected chi connectivity index (χ0v) is 11.8. The number of hydrogen-bond acceptors (Lipinski definition) is 4. The summed E-state index contributed by atoms with van der Waals surface area (Å²) >= 11 is 0.980. The van der Waals surface area contributed by atoms with E-state index in [4.69, 9.17) is 5.11 Å². The van der Waals surface area contributed by atoms with Gasteiger partial charge in [-0.3, -0.25) is 4.31 Å². The molecule has 0 bridgehead atoms. The minimum absolute atomic E-state index is 0.0228. The molecular weight excluding hydrogens is 308 g/mol. The van der Waals surface area contributed by atoms with Gasteiger partial charge in [0.2, 0.25) is 0 Å². The Kier molecular flexibility index (Phi) is 4.36. The van der Waals surface area contributed by atoms with E-state index in [0.29, 0.717) is 6.07 Å². The summed E-state index contributed by atoms with van der Waals surface area (Å²) < 4.78 is 52.2. The maximum atomic E-state index is 13.8. The highest BCUT2D eigenvalue weighted by atomic mass is 32.2. The highest BCUT2D eigenvalue weighted by molar-refractivity contribution is 7.94. The number of thiophene rings is 1. The maximum Gasteiger partial charge on any atom is 0.273 e. The van der Waals surface area contributed by atoms with Gasteiger partial charge in [-0.05, 0) is 23.6 Å². The first-order chi connectivity index (χ1) is 9.46. The van der Waals surface area contributed by atoms with Gasteiger partial charge in [0, 0.05) is 6.07 Å². The summed E-state index contributed by atoms with van der Waals surface area (Å²) in [6.07, 6.45) is 0. The molecule has 0 aliphatic carbocycles. The zero-order valence-electron chi connectivity index (χ0n) is 10.2. The van der Waals surface area contributed by atoms with E-state index in [1.165, 1.54) is 6.07 Å². The summed E-state index contributed by atoms with van der Waals surface area (Å²) in [7, 11) is -3.98. The number of nitrogens with zero attached hydrogens (tertiary/aromatic N) is 1. The molecule has 1 aromatic carbocycles. The van der Waals surface area contributed by atoms with Crippen LogP contribution >= 0.6 is 11.3 Å². The lowest BCUT2D eigenvalue weighted by Gasteiger charge is -2.23. The van der Waals surface area contributed by atoms with Crippen molar-refractivity contribution in [2.45, 2.75) is 4.21 Å². The number of anilines is 1. The van der Waals surface area contributed by atoms with E-state index in [1.54, 1.807) is 11.4 Å². The molecule has 1 N–H and O–H groups in total. The Labute approximate surface area is 119 Å². The van der Waals surface area contributed by atoms with Crippen LogP contribution in [0, 0.1) is 11.6 Å². The molecule has 108 valence electrons. The highest BCUT2D eigenvalue weighted by Gasteiger charge is 2.27. The van der Waals surface area contributed by atoms with Crippen molar-refractivity contribution in [1.29, 1.82) is 0 Å². The molecule has 2 rings (SSSR count). The van der Waals surface area contributed by atoms with Gasteiger partial charge < -0.3 is 5.11 Å². The summed E-state index contributed by atoms with van der Waals surface area (Å²) in [4.78, 5) is 0. The molecule has 0 atom stereocenters. The van der Waals surface area contributed by atoms with Crippen molar-refractivity contribution < 1.29 is 22.3 Å². The number of rotatable bonds is 5. The van der Waals surface area contributed by atoms with Crippen molar-refractivity contribution in [2.75, 3.05) is 17.5 Å². The zero-order chi connectivity index (χ0) is 14.8. The molecular formula is C12H11F2NO3S2. The molecule has 0 unspecified atom stereocenters. The fourth-order valence-corrected chi connectivity index (χ4v) is 4.23. The fourth-order valence-electron chi connectivity index (χ4n) is 1.66. The summed E-state index contributed by atoms with van der Waals surface area (Å²) in [6.45, 7) is -0.801. The van der Waals surface area contributed by atoms with Gasteiger partial charge in [-0.1, -0.05) is 6.07 Å². The summed E-state index contributed by atoms with van der Waals surface area (Å²) in [5, 5.41) is 10.6. The molecule has 0 saturated carbocycles. The molecule has 20 heavy (non-hydrogen) atoms. The van der Waals surface area contributed by atoms with Crippen LogP contribution in [0.25, 0.3) is 0 Å². The van der Waals surface area contributed by atoms with Crippen LogP contribution in [0.3, 0.4) is 0 Å². The minimum Gasteiger partial charge on any atom is -0.394 e. The first-order valence-electron chi connectivity index (χ1n) is 5.59. The number of hydrogen-bond donors (Lipinski definition) is 1. The fraction of sp³-hybridized carbons (Fsp3) is 0.167. The molecule has 0 fully saturated rings. The largest absolute Gasteiger partial charge is 0.394 e. The number of aliphatic hydroxyl groups excluding tert-OH is 1.